The standard InChI is InChI=1S/C15H20N2O2/c1-16-15(12-6-7-19-9-12)11-2-4-13-10(8-11)3-5-14(18)17-13/h2,4,8,12,15-16H,3,5-7,9H2,1H3,(H,17,18). The predicted molar refractivity (Wildman–Crippen MR) is 74.1 cm³/mol. The number of aryl methyl sites for hydroxylation is 1. The van der Waals surface area contributed by atoms with E-state index >= 15 is 0 Å². The third kappa shape index (κ3) is 2.51. The van der Waals surface area contributed by atoms with Crippen LogP contribution in [-0.2, 0) is 16.0 Å². The van der Waals surface area contributed by atoms with E-state index in [9.17, 15) is 4.79 Å². The first-order chi connectivity index (χ1) is 9.28. The molecule has 1 fully saturated rings. The summed E-state index contributed by atoms with van der Waals surface area (Å²) >= 11 is 0. The van der Waals surface area contributed by atoms with Crippen molar-refractivity contribution in [3.63, 3.8) is 0 Å². The van der Waals surface area contributed by atoms with Gasteiger partial charge in [0.05, 0.1) is 6.61 Å². The second kappa shape index (κ2) is 5.31. The maximum absolute atomic E-state index is 11.4. The molecule has 19 heavy (non-hydrogen) atoms. The average Bonchev–Trinajstić information content (AvgIpc) is 2.93. The van der Waals surface area contributed by atoms with Crippen LogP contribution >= 0.6 is 0 Å². The minimum Gasteiger partial charge on any atom is -0.381 e. The molecular weight excluding hydrogens is 240 g/mol. The van der Waals surface area contributed by atoms with Crippen LogP contribution in [0.25, 0.3) is 0 Å². The predicted octanol–water partition coefficient (Wildman–Crippen LogP) is 1.87. The molecule has 2 aliphatic rings. The van der Waals surface area contributed by atoms with Crippen molar-refractivity contribution in [3.8, 4) is 0 Å². The lowest BCUT2D eigenvalue weighted by molar-refractivity contribution is -0.116. The molecule has 0 spiro atoms. The van der Waals surface area contributed by atoms with E-state index in [-0.39, 0.29) is 5.91 Å². The summed E-state index contributed by atoms with van der Waals surface area (Å²) in [6, 6.07) is 6.71. The van der Waals surface area contributed by atoms with E-state index < -0.39 is 0 Å². The van der Waals surface area contributed by atoms with Crippen LogP contribution in [-0.4, -0.2) is 26.2 Å². The third-order valence-corrected chi connectivity index (χ3v) is 4.13. The van der Waals surface area contributed by atoms with E-state index in [0.717, 1.165) is 31.7 Å². The Balaban J connectivity index is 1.85. The summed E-state index contributed by atoms with van der Waals surface area (Å²) in [6.45, 7) is 1.70. The molecule has 1 aromatic rings. The fourth-order valence-corrected chi connectivity index (χ4v) is 3.09. The van der Waals surface area contributed by atoms with Crippen molar-refractivity contribution in [3.05, 3.63) is 29.3 Å². The molecule has 0 saturated carbocycles. The Hall–Kier alpha value is -1.39. The number of benzene rings is 1. The topological polar surface area (TPSA) is 50.4 Å². The van der Waals surface area contributed by atoms with Gasteiger partial charge >= 0.3 is 0 Å². The molecule has 0 aliphatic carbocycles. The summed E-state index contributed by atoms with van der Waals surface area (Å²) in [6.07, 6.45) is 2.54. The highest BCUT2D eigenvalue weighted by molar-refractivity contribution is 5.93. The average molecular weight is 260 g/mol. The number of hydrogen-bond acceptors (Lipinski definition) is 3. The highest BCUT2D eigenvalue weighted by atomic mass is 16.5. The van der Waals surface area contributed by atoms with Crippen molar-refractivity contribution in [2.24, 2.45) is 5.92 Å². The van der Waals surface area contributed by atoms with Crippen molar-refractivity contribution in [1.82, 2.24) is 5.32 Å². The van der Waals surface area contributed by atoms with Gasteiger partial charge in [-0.15, -0.1) is 0 Å². The van der Waals surface area contributed by atoms with Crippen LogP contribution in [0.3, 0.4) is 0 Å². The van der Waals surface area contributed by atoms with Gasteiger partial charge in [0, 0.05) is 30.7 Å². The van der Waals surface area contributed by atoms with E-state index in [0.29, 0.717) is 18.4 Å². The SMILES string of the molecule is CNC(c1ccc2c(c1)CCC(=O)N2)C1CCOC1. The van der Waals surface area contributed by atoms with Crippen molar-refractivity contribution in [1.29, 1.82) is 0 Å². The van der Waals surface area contributed by atoms with Crippen molar-refractivity contribution >= 4 is 11.6 Å². The molecule has 4 heteroatoms. The van der Waals surface area contributed by atoms with Crippen molar-refractivity contribution in [2.45, 2.75) is 25.3 Å². The maximum atomic E-state index is 11.4. The van der Waals surface area contributed by atoms with Gasteiger partial charge < -0.3 is 15.4 Å². The number of rotatable bonds is 3. The van der Waals surface area contributed by atoms with Crippen LogP contribution in [0.1, 0.15) is 30.0 Å². The number of fused-ring (bicyclic) bond motifs is 1. The van der Waals surface area contributed by atoms with Gasteiger partial charge in [-0.2, -0.15) is 0 Å². The van der Waals surface area contributed by atoms with Gasteiger partial charge in [0.1, 0.15) is 0 Å². The zero-order chi connectivity index (χ0) is 13.2. The van der Waals surface area contributed by atoms with Gasteiger partial charge in [-0.05, 0) is 37.1 Å². The summed E-state index contributed by atoms with van der Waals surface area (Å²) in [4.78, 5) is 11.4. The quantitative estimate of drug-likeness (QED) is 0.872. The largest absolute Gasteiger partial charge is 0.381 e. The first-order valence-electron chi connectivity index (χ1n) is 6.95. The van der Waals surface area contributed by atoms with Crippen LogP contribution in [0.15, 0.2) is 18.2 Å². The summed E-state index contributed by atoms with van der Waals surface area (Å²) in [5.74, 6) is 0.663. The number of carbonyl (C=O) groups is 1. The lowest BCUT2D eigenvalue weighted by Crippen LogP contribution is -2.26. The zero-order valence-electron chi connectivity index (χ0n) is 11.2. The highest BCUT2D eigenvalue weighted by Gasteiger charge is 2.26. The maximum Gasteiger partial charge on any atom is 0.224 e. The molecule has 2 N–H and O–H groups in total. The van der Waals surface area contributed by atoms with Crippen molar-refractivity contribution < 1.29 is 9.53 Å². The number of hydrogen-bond donors (Lipinski definition) is 2. The molecule has 0 radical (unpaired) electrons. The monoisotopic (exact) mass is 260 g/mol. The van der Waals surface area contributed by atoms with E-state index in [2.05, 4.69) is 22.8 Å². The number of amides is 1. The number of carbonyl (C=O) groups excluding carboxylic acids is 1. The number of nitrogens with one attached hydrogen (secondary N) is 2. The van der Waals surface area contributed by atoms with Crippen LogP contribution in [0.4, 0.5) is 5.69 Å². The first-order valence-corrected chi connectivity index (χ1v) is 6.95. The Morgan fingerprint density at radius 2 is 2.32 bits per heavy atom. The summed E-state index contributed by atoms with van der Waals surface area (Å²) in [5.41, 5.74) is 3.52. The number of ether oxygens (including phenoxy) is 1. The Morgan fingerprint density at radius 3 is 3.05 bits per heavy atom. The van der Waals surface area contributed by atoms with Gasteiger partial charge in [0.2, 0.25) is 5.91 Å². The molecule has 1 amide bonds. The molecule has 2 atom stereocenters. The first kappa shape index (κ1) is 12.6. The van der Waals surface area contributed by atoms with Gasteiger partial charge in [0.25, 0.3) is 0 Å². The highest BCUT2D eigenvalue weighted by Crippen LogP contribution is 2.32. The Labute approximate surface area is 113 Å². The fraction of sp³-hybridized carbons (Fsp3) is 0.533. The number of anilines is 1. The van der Waals surface area contributed by atoms with E-state index in [1.54, 1.807) is 0 Å². The van der Waals surface area contributed by atoms with Crippen LogP contribution < -0.4 is 10.6 Å². The molecule has 4 nitrogen and oxygen atoms in total. The molecular formula is C15H20N2O2. The molecule has 1 aromatic carbocycles. The zero-order valence-corrected chi connectivity index (χ0v) is 11.2. The Morgan fingerprint density at radius 1 is 1.42 bits per heavy atom. The van der Waals surface area contributed by atoms with Gasteiger partial charge in [-0.1, -0.05) is 12.1 Å². The van der Waals surface area contributed by atoms with Gasteiger partial charge in [-0.25, -0.2) is 0 Å². The molecule has 2 heterocycles. The van der Waals surface area contributed by atoms with Crippen LogP contribution in [0.2, 0.25) is 0 Å². The third-order valence-electron chi connectivity index (χ3n) is 4.13. The van der Waals surface area contributed by atoms with Gasteiger partial charge in [-0.3, -0.25) is 4.79 Å². The second-order valence-corrected chi connectivity index (χ2v) is 5.35. The molecule has 0 aromatic heterocycles. The van der Waals surface area contributed by atoms with Gasteiger partial charge in [0.15, 0.2) is 0 Å². The smallest absolute Gasteiger partial charge is 0.224 e. The molecule has 2 unspecified atom stereocenters. The Bertz CT molecular complexity index is 481. The molecule has 3 rings (SSSR count). The van der Waals surface area contributed by atoms with Crippen LogP contribution in [0, 0.1) is 5.92 Å². The molecule has 0 bridgehead atoms. The Kier molecular flexibility index (Phi) is 3.53. The minimum absolute atomic E-state index is 0.120. The molecule has 102 valence electrons. The second-order valence-electron chi connectivity index (χ2n) is 5.35. The normalized spacial score (nSPS) is 23.8. The van der Waals surface area contributed by atoms with Crippen molar-refractivity contribution in [2.75, 3.05) is 25.6 Å². The summed E-state index contributed by atoms with van der Waals surface area (Å²) in [5, 5.41) is 6.34. The fourth-order valence-electron chi connectivity index (χ4n) is 3.09. The van der Waals surface area contributed by atoms with Crippen LogP contribution in [0.5, 0.6) is 0 Å². The minimum atomic E-state index is 0.120. The summed E-state index contributed by atoms with van der Waals surface area (Å²) in [7, 11) is 2.00. The van der Waals surface area contributed by atoms with E-state index in [1.165, 1.54) is 11.1 Å². The molecule has 1 saturated heterocycles. The lowest BCUT2D eigenvalue weighted by Gasteiger charge is -2.25. The molecule has 2 aliphatic heterocycles. The van der Waals surface area contributed by atoms with E-state index in [4.69, 9.17) is 4.74 Å². The lowest BCUT2D eigenvalue weighted by atomic mass is 9.90. The van der Waals surface area contributed by atoms with E-state index in [1.807, 2.05) is 13.1 Å². The summed E-state index contributed by atoms with van der Waals surface area (Å²) < 4.78 is 5.49.